The molecule has 0 aromatic heterocycles. The predicted octanol–water partition coefficient (Wildman–Crippen LogP) is 1.52. The summed E-state index contributed by atoms with van der Waals surface area (Å²) in [5.74, 6) is 0.107. The first-order chi connectivity index (χ1) is 7.58. The van der Waals surface area contributed by atoms with Gasteiger partial charge in [0, 0.05) is 23.7 Å². The molecule has 1 unspecified atom stereocenters. The van der Waals surface area contributed by atoms with Crippen LogP contribution in [0.4, 0.5) is 0 Å². The fourth-order valence-corrected chi connectivity index (χ4v) is 1.64. The lowest BCUT2D eigenvalue weighted by molar-refractivity contribution is 0.229. The summed E-state index contributed by atoms with van der Waals surface area (Å²) in [7, 11) is 0. The average molecular weight is 225 g/mol. The molecule has 2 atom stereocenters. The Balaban J connectivity index is 2.76. The highest BCUT2D eigenvalue weighted by Gasteiger charge is 2.14. The maximum Gasteiger partial charge on any atom is 0.124 e. The second-order valence-corrected chi connectivity index (χ2v) is 3.92. The number of phenolic OH excluding ortho intramolecular Hbond substituents is 2. The first kappa shape index (κ1) is 12.8. The van der Waals surface area contributed by atoms with E-state index in [2.05, 4.69) is 5.32 Å². The lowest BCUT2D eigenvalue weighted by Gasteiger charge is -2.21. The summed E-state index contributed by atoms with van der Waals surface area (Å²) >= 11 is 0. The number of rotatable bonds is 5. The summed E-state index contributed by atoms with van der Waals surface area (Å²) < 4.78 is 0. The van der Waals surface area contributed by atoms with Crippen molar-refractivity contribution in [3.05, 3.63) is 23.8 Å². The van der Waals surface area contributed by atoms with Crippen molar-refractivity contribution in [1.29, 1.82) is 0 Å². The highest BCUT2D eigenvalue weighted by molar-refractivity contribution is 5.40. The molecule has 0 radical (unpaired) electrons. The van der Waals surface area contributed by atoms with Crippen LogP contribution >= 0.6 is 0 Å². The molecule has 1 aromatic carbocycles. The minimum atomic E-state index is -0.0716. The molecule has 0 aliphatic heterocycles. The van der Waals surface area contributed by atoms with Crippen LogP contribution in [0.5, 0.6) is 11.5 Å². The van der Waals surface area contributed by atoms with Gasteiger partial charge in [0.05, 0.1) is 6.61 Å². The molecule has 4 nitrogen and oxygen atoms in total. The summed E-state index contributed by atoms with van der Waals surface area (Å²) in [5, 5.41) is 31.1. The van der Waals surface area contributed by atoms with Crippen LogP contribution in [0.2, 0.25) is 0 Å². The molecule has 0 aliphatic rings. The largest absolute Gasteiger partial charge is 0.508 e. The molecule has 0 saturated heterocycles. The van der Waals surface area contributed by atoms with Crippen LogP contribution in [0.15, 0.2) is 18.2 Å². The maximum absolute atomic E-state index is 9.66. The van der Waals surface area contributed by atoms with Gasteiger partial charge in [0.2, 0.25) is 0 Å². The van der Waals surface area contributed by atoms with Gasteiger partial charge < -0.3 is 20.6 Å². The van der Waals surface area contributed by atoms with Crippen LogP contribution in [-0.4, -0.2) is 28.0 Å². The van der Waals surface area contributed by atoms with E-state index in [1.807, 2.05) is 13.8 Å². The van der Waals surface area contributed by atoms with Crippen molar-refractivity contribution >= 4 is 0 Å². The lowest BCUT2D eigenvalue weighted by Crippen LogP contribution is -2.33. The van der Waals surface area contributed by atoms with E-state index in [0.717, 1.165) is 6.42 Å². The van der Waals surface area contributed by atoms with E-state index in [0.29, 0.717) is 5.56 Å². The summed E-state index contributed by atoms with van der Waals surface area (Å²) in [4.78, 5) is 0. The monoisotopic (exact) mass is 225 g/mol. The number of benzene rings is 1. The molecule has 0 spiro atoms. The molecule has 0 fully saturated rings. The molecule has 0 bridgehead atoms. The minimum Gasteiger partial charge on any atom is -0.508 e. The molecule has 0 aliphatic carbocycles. The third kappa shape index (κ3) is 3.12. The Bertz CT molecular complexity index is 337. The zero-order chi connectivity index (χ0) is 12.1. The van der Waals surface area contributed by atoms with Crippen LogP contribution in [0.25, 0.3) is 0 Å². The Labute approximate surface area is 95.6 Å². The van der Waals surface area contributed by atoms with Gasteiger partial charge in [-0.2, -0.15) is 0 Å². The normalized spacial score (nSPS) is 14.7. The van der Waals surface area contributed by atoms with Gasteiger partial charge in [0.1, 0.15) is 11.5 Å². The zero-order valence-electron chi connectivity index (χ0n) is 9.64. The minimum absolute atomic E-state index is 0.0169. The molecule has 1 rings (SSSR count). The fraction of sp³-hybridized carbons (Fsp3) is 0.500. The SMILES string of the molecule is CC[C@@H](CO)NC(C)c1ccc(O)cc1O. The molecular weight excluding hydrogens is 206 g/mol. The zero-order valence-corrected chi connectivity index (χ0v) is 9.64. The van der Waals surface area contributed by atoms with E-state index in [1.165, 1.54) is 12.1 Å². The summed E-state index contributed by atoms with van der Waals surface area (Å²) in [6, 6.07) is 4.47. The molecule has 4 N–H and O–H groups in total. The summed E-state index contributed by atoms with van der Waals surface area (Å²) in [6.07, 6.45) is 0.819. The number of aliphatic hydroxyl groups is 1. The van der Waals surface area contributed by atoms with Gasteiger partial charge in [0.15, 0.2) is 0 Å². The van der Waals surface area contributed by atoms with Crippen LogP contribution in [-0.2, 0) is 0 Å². The van der Waals surface area contributed by atoms with Crippen LogP contribution < -0.4 is 5.32 Å². The van der Waals surface area contributed by atoms with Gasteiger partial charge in [-0.05, 0) is 19.4 Å². The predicted molar refractivity (Wildman–Crippen MR) is 62.5 cm³/mol. The van der Waals surface area contributed by atoms with E-state index in [4.69, 9.17) is 5.11 Å². The average Bonchev–Trinajstić information content (AvgIpc) is 2.25. The Hall–Kier alpha value is -1.26. The standard InChI is InChI=1S/C12H19NO3/c1-3-9(7-14)13-8(2)11-5-4-10(15)6-12(11)16/h4-6,8-9,13-16H,3,7H2,1-2H3/t8?,9-/m0/s1. The molecule has 0 heterocycles. The van der Waals surface area contributed by atoms with Gasteiger partial charge in [-0.15, -0.1) is 0 Å². The third-order valence-electron chi connectivity index (χ3n) is 2.68. The fourth-order valence-electron chi connectivity index (χ4n) is 1.64. The second kappa shape index (κ2) is 5.72. The van der Waals surface area contributed by atoms with Crippen molar-refractivity contribution in [3.63, 3.8) is 0 Å². The molecule has 0 saturated carbocycles. The first-order valence-electron chi connectivity index (χ1n) is 5.47. The summed E-state index contributed by atoms with van der Waals surface area (Å²) in [5.41, 5.74) is 0.713. The van der Waals surface area contributed by atoms with Gasteiger partial charge in [-0.25, -0.2) is 0 Å². The molecular formula is C12H19NO3. The molecule has 16 heavy (non-hydrogen) atoms. The van der Waals surface area contributed by atoms with E-state index in [9.17, 15) is 10.2 Å². The highest BCUT2D eigenvalue weighted by Crippen LogP contribution is 2.27. The van der Waals surface area contributed by atoms with Crippen LogP contribution in [0.3, 0.4) is 0 Å². The topological polar surface area (TPSA) is 72.7 Å². The number of aliphatic hydroxyl groups excluding tert-OH is 1. The van der Waals surface area contributed by atoms with Crippen molar-refractivity contribution in [2.45, 2.75) is 32.4 Å². The van der Waals surface area contributed by atoms with E-state index in [1.54, 1.807) is 6.07 Å². The van der Waals surface area contributed by atoms with Crippen molar-refractivity contribution < 1.29 is 15.3 Å². The van der Waals surface area contributed by atoms with Gasteiger partial charge >= 0.3 is 0 Å². The molecule has 1 aromatic rings. The Kier molecular flexibility index (Phi) is 4.58. The molecule has 90 valence electrons. The number of hydrogen-bond donors (Lipinski definition) is 4. The number of nitrogens with one attached hydrogen (secondary N) is 1. The first-order valence-corrected chi connectivity index (χ1v) is 5.47. The molecule has 4 heteroatoms. The van der Waals surface area contributed by atoms with E-state index in [-0.39, 0.29) is 30.2 Å². The Morgan fingerprint density at radius 1 is 1.31 bits per heavy atom. The third-order valence-corrected chi connectivity index (χ3v) is 2.68. The maximum atomic E-state index is 9.66. The van der Waals surface area contributed by atoms with E-state index < -0.39 is 0 Å². The quantitative estimate of drug-likeness (QED) is 0.613. The van der Waals surface area contributed by atoms with Crippen LogP contribution in [0, 0.1) is 0 Å². The second-order valence-electron chi connectivity index (χ2n) is 3.92. The smallest absolute Gasteiger partial charge is 0.124 e. The number of phenols is 2. The van der Waals surface area contributed by atoms with Crippen molar-refractivity contribution in [1.82, 2.24) is 5.32 Å². The van der Waals surface area contributed by atoms with Gasteiger partial charge in [-0.1, -0.05) is 13.0 Å². The van der Waals surface area contributed by atoms with Crippen molar-refractivity contribution in [2.75, 3.05) is 6.61 Å². The number of aromatic hydroxyl groups is 2. The highest BCUT2D eigenvalue weighted by atomic mass is 16.3. The molecule has 0 amide bonds. The Morgan fingerprint density at radius 2 is 2.00 bits per heavy atom. The Morgan fingerprint density at radius 3 is 2.50 bits per heavy atom. The summed E-state index contributed by atoms with van der Waals surface area (Å²) in [6.45, 7) is 3.96. The van der Waals surface area contributed by atoms with Crippen LogP contribution in [0.1, 0.15) is 31.9 Å². The number of hydrogen-bond acceptors (Lipinski definition) is 4. The van der Waals surface area contributed by atoms with Gasteiger partial charge in [0.25, 0.3) is 0 Å². The lowest BCUT2D eigenvalue weighted by atomic mass is 10.1. The van der Waals surface area contributed by atoms with Gasteiger partial charge in [-0.3, -0.25) is 0 Å². The van der Waals surface area contributed by atoms with Crippen molar-refractivity contribution in [3.8, 4) is 11.5 Å². The van der Waals surface area contributed by atoms with Crippen molar-refractivity contribution in [2.24, 2.45) is 0 Å². The van der Waals surface area contributed by atoms with E-state index >= 15 is 0 Å².